The van der Waals surface area contributed by atoms with Crippen LogP contribution in [0.2, 0.25) is 0 Å². The third kappa shape index (κ3) is 19.3. The van der Waals surface area contributed by atoms with Gasteiger partial charge in [-0.15, -0.1) is 0 Å². The summed E-state index contributed by atoms with van der Waals surface area (Å²) in [6.45, 7) is 53.0. The maximum absolute atomic E-state index is 7.04. The molecule has 3 aromatic heterocycles. The van der Waals surface area contributed by atoms with Gasteiger partial charge in [0.25, 0.3) is 0 Å². The zero-order chi connectivity index (χ0) is 101. The van der Waals surface area contributed by atoms with Crippen LogP contribution in [-0.2, 0) is 43.3 Å². The molecule has 5 heterocycles. The van der Waals surface area contributed by atoms with Crippen LogP contribution >= 0.6 is 0 Å². The summed E-state index contributed by atoms with van der Waals surface area (Å²) in [5.41, 5.74) is 13.3. The highest BCUT2D eigenvalue weighted by molar-refractivity contribution is 6.14. The Morgan fingerprint density at radius 2 is 0.278 bits per heavy atom. The zero-order valence-corrected chi connectivity index (χ0v) is 86.7. The summed E-state index contributed by atoms with van der Waals surface area (Å²) in [4.78, 5) is 42.2. The van der Waals surface area contributed by atoms with Crippen molar-refractivity contribution in [2.75, 3.05) is 0 Å². The van der Waals surface area contributed by atoms with E-state index in [1.54, 1.807) is 0 Å². The fourth-order valence-corrected chi connectivity index (χ4v) is 18.6. The highest BCUT2D eigenvalue weighted by atomic mass is 16.5. The van der Waals surface area contributed by atoms with E-state index in [4.69, 9.17) is 67.8 Å². The van der Waals surface area contributed by atoms with Crippen molar-refractivity contribution in [1.82, 2.24) is 39.9 Å². The predicted octanol–water partition coefficient (Wildman–Crippen LogP) is 36.2. The monoisotopic (exact) mass is 1900 g/mol. The Morgan fingerprint density at radius 3 is 0.403 bits per heavy atom. The molecule has 0 spiro atoms. The highest BCUT2D eigenvalue weighted by Gasteiger charge is 2.31. The average molecular weight is 1900 g/mol. The van der Waals surface area contributed by atoms with Crippen molar-refractivity contribution in [2.45, 2.75) is 209 Å². The van der Waals surface area contributed by atoms with Crippen LogP contribution in [0, 0.1) is 0 Å². The van der Waals surface area contributed by atoms with Gasteiger partial charge in [0.15, 0.2) is 69.3 Å². The second kappa shape index (κ2) is 35.2. The van der Waals surface area contributed by atoms with E-state index in [1.807, 2.05) is 146 Å². The number of hydrogen-bond donors (Lipinski definition) is 2. The molecular weight excluding hydrogens is 1780 g/mol. The topological polar surface area (TPSA) is 183 Å². The Hall–Kier alpha value is -15.7. The maximum atomic E-state index is 7.04. The molecular formula is C128H122N8O8. The van der Waals surface area contributed by atoms with E-state index in [0.29, 0.717) is 160 Å². The van der Waals surface area contributed by atoms with Crippen LogP contribution in [0.25, 0.3) is 133 Å². The maximum Gasteiger partial charge on any atom is 0.170 e. The van der Waals surface area contributed by atoms with E-state index in [2.05, 4.69) is 322 Å². The van der Waals surface area contributed by atoms with Gasteiger partial charge in [-0.2, -0.15) is 0 Å². The van der Waals surface area contributed by atoms with Crippen molar-refractivity contribution >= 4 is 87.2 Å². The first-order valence-electron chi connectivity index (χ1n) is 49.8. The number of aromatic nitrogens is 8. The molecule has 16 nitrogen and oxygen atoms in total. The molecule has 21 rings (SSSR count). The summed E-state index contributed by atoms with van der Waals surface area (Å²) in [5.74, 6) is 10.7. The lowest BCUT2D eigenvalue weighted by atomic mass is 9.87. The van der Waals surface area contributed by atoms with Gasteiger partial charge in [-0.05, 0) is 325 Å². The van der Waals surface area contributed by atoms with Gasteiger partial charge in [-0.3, -0.25) is 0 Å². The smallest absolute Gasteiger partial charge is 0.170 e. The van der Waals surface area contributed by atoms with Crippen LogP contribution in [0.1, 0.15) is 211 Å². The van der Waals surface area contributed by atoms with Crippen molar-refractivity contribution in [3.05, 3.63) is 336 Å². The average Bonchev–Trinajstić information content (AvgIpc) is 1.58. The Labute approximate surface area is 842 Å². The van der Waals surface area contributed by atoms with Crippen LogP contribution < -0.4 is 37.9 Å². The zero-order valence-electron chi connectivity index (χ0n) is 86.7. The van der Waals surface area contributed by atoms with E-state index in [0.717, 1.165) is 64.6 Å². The minimum absolute atomic E-state index is 0.0903. The first-order chi connectivity index (χ1) is 68.2. The van der Waals surface area contributed by atoms with E-state index >= 15 is 0 Å². The van der Waals surface area contributed by atoms with Crippen LogP contribution in [0.5, 0.6) is 92.0 Å². The SMILES string of the molecule is CC(C)(C)c1ccc(Oc2cc3cc4c(cc3cc2Oc2ccc(C(C)(C)C)cc2)-c2nc-4nc3[nH]c(nc4nc(nc5[nH]c(n2)c2cc6cc(Oc7ccc(C(C)(C)C)cc7)c(Oc7ccc(C(C)(C)C)cc7)cc6cc52)-c2cc5cc(Oc6ccc(C(C)(C)C)cc6)c(Oc6ccc(C(C)(C)C)cc6)cc5cc2-4)c2cc4cc(Oc5ccc(C(C)(C)C)cc5)c(Oc5ccc(C(C)(C)C)cc5)cc4cc32)cc1. The number of fused-ring (bicyclic) bond motifs is 24. The number of ether oxygens (including phenoxy) is 8. The molecule has 0 fully saturated rings. The third-order valence-corrected chi connectivity index (χ3v) is 27.5. The molecule has 8 bridgehead atoms. The molecule has 0 aliphatic carbocycles. The molecule has 0 amide bonds. The summed E-state index contributed by atoms with van der Waals surface area (Å²) in [6.07, 6.45) is 0. The minimum atomic E-state index is -0.0905. The molecule has 16 heteroatoms. The van der Waals surface area contributed by atoms with Crippen LogP contribution in [0.4, 0.5) is 0 Å². The summed E-state index contributed by atoms with van der Waals surface area (Å²) in [5, 5.41) is 9.56. The Morgan fingerprint density at radius 1 is 0.153 bits per heavy atom. The number of hydrogen-bond acceptors (Lipinski definition) is 14. The standard InChI is InChI=1S/C128H122N8O8/c1-121(2,3)81-25-41-89(42-26-81)137-105-65-73-57-97-98(58-74(73)66-106(105)138-90-43-27-82(28-44-90)122(4,5)6)114-129-113(97)133-115-99-59-75-67-107(139-91-45-29-83(30-46-91)123(7,8)9)108(140-92-47-31-84(32-48-92)124(10,11)12)68-76(75)60-100(99)117(130-115)135-119-103-63-79-71-111(143-95-53-37-87(38-54-95)127(19,20)21)112(144-96-55-39-88(40-56-96)128(22,23)24)72-80(79)64-104(103)120(132-119)136-118-102-62-78-70-110(142-94-51-35-86(36-52-94)126(16,17)18)109(69-77(78)61-101(102)116(131-118)134-114)141-93-49-33-85(34-50-93)125(13,14)15/h25-72H,1-24H3,(H2,129,130,131,132,133,134,135,136). The number of aromatic amines is 2. The van der Waals surface area contributed by atoms with E-state index < -0.39 is 0 Å². The largest absolute Gasteiger partial charge is 0.453 e. The molecule has 0 atom stereocenters. The van der Waals surface area contributed by atoms with Crippen LogP contribution in [0.3, 0.4) is 0 Å². The van der Waals surface area contributed by atoms with Gasteiger partial charge >= 0.3 is 0 Å². The number of nitrogens with one attached hydrogen (secondary N) is 2. The number of H-pyrrole nitrogens is 2. The lowest BCUT2D eigenvalue weighted by Gasteiger charge is -2.20. The van der Waals surface area contributed by atoms with Gasteiger partial charge in [0, 0.05) is 43.8 Å². The van der Waals surface area contributed by atoms with E-state index in [-0.39, 0.29) is 43.3 Å². The van der Waals surface area contributed by atoms with Gasteiger partial charge in [-0.25, -0.2) is 29.9 Å². The number of benzene rings is 16. The molecule has 16 aromatic carbocycles. The summed E-state index contributed by atoms with van der Waals surface area (Å²) >= 11 is 0. The van der Waals surface area contributed by atoms with Crippen molar-refractivity contribution < 1.29 is 37.9 Å². The second-order valence-electron chi connectivity index (χ2n) is 46.8. The van der Waals surface area contributed by atoms with Crippen molar-refractivity contribution in [3.8, 4) is 138 Å². The molecule has 19 aromatic rings. The summed E-state index contributed by atoms with van der Waals surface area (Å²) in [6, 6.07) is 99.8. The summed E-state index contributed by atoms with van der Waals surface area (Å²) in [7, 11) is 0. The Kier molecular flexibility index (Phi) is 23.1. The van der Waals surface area contributed by atoms with E-state index in [9.17, 15) is 0 Å². The van der Waals surface area contributed by atoms with Crippen molar-refractivity contribution in [3.63, 3.8) is 0 Å². The third-order valence-electron chi connectivity index (χ3n) is 27.5. The number of rotatable bonds is 16. The molecule has 0 saturated carbocycles. The van der Waals surface area contributed by atoms with E-state index in [1.165, 1.54) is 44.5 Å². The van der Waals surface area contributed by atoms with Crippen LogP contribution in [0.15, 0.2) is 291 Å². The fourth-order valence-electron chi connectivity index (χ4n) is 18.6. The predicted molar refractivity (Wildman–Crippen MR) is 588 cm³/mol. The molecule has 144 heavy (non-hydrogen) atoms. The van der Waals surface area contributed by atoms with Crippen molar-refractivity contribution in [1.29, 1.82) is 0 Å². The molecule has 722 valence electrons. The molecule has 2 aliphatic rings. The normalized spacial score (nSPS) is 12.7. The molecule has 0 saturated heterocycles. The summed E-state index contributed by atoms with van der Waals surface area (Å²) < 4.78 is 56.3. The Bertz CT molecular complexity index is 7500. The lowest BCUT2D eigenvalue weighted by Crippen LogP contribution is -2.10. The van der Waals surface area contributed by atoms with Gasteiger partial charge in [0.1, 0.15) is 68.6 Å². The minimum Gasteiger partial charge on any atom is -0.453 e. The first kappa shape index (κ1) is 94.6. The molecule has 0 unspecified atom stereocenters. The number of nitrogens with zero attached hydrogens (tertiary/aromatic N) is 6. The fraction of sp³-hybridized carbons (Fsp3) is 0.250. The van der Waals surface area contributed by atoms with Gasteiger partial charge < -0.3 is 47.9 Å². The Balaban J connectivity index is 0.839. The first-order valence-corrected chi connectivity index (χ1v) is 49.8. The highest BCUT2D eigenvalue weighted by Crippen LogP contribution is 2.51. The van der Waals surface area contributed by atoms with Gasteiger partial charge in [0.05, 0.1) is 0 Å². The van der Waals surface area contributed by atoms with Crippen LogP contribution in [-0.4, -0.2) is 39.9 Å². The quantitative estimate of drug-likeness (QED) is 0.0932. The van der Waals surface area contributed by atoms with Gasteiger partial charge in [0.2, 0.25) is 0 Å². The molecule has 0 radical (unpaired) electrons. The molecule has 2 N–H and O–H groups in total. The van der Waals surface area contributed by atoms with Gasteiger partial charge in [-0.1, -0.05) is 263 Å². The lowest BCUT2D eigenvalue weighted by molar-refractivity contribution is 0.419. The molecule has 2 aliphatic heterocycles. The second-order valence-corrected chi connectivity index (χ2v) is 46.8. The van der Waals surface area contributed by atoms with Crippen molar-refractivity contribution in [2.24, 2.45) is 0 Å².